The van der Waals surface area contributed by atoms with Gasteiger partial charge in [-0.1, -0.05) is 45.3 Å². The van der Waals surface area contributed by atoms with Gasteiger partial charge in [0.05, 0.1) is 0 Å². The van der Waals surface area contributed by atoms with E-state index in [1.54, 1.807) is 0 Å². The fourth-order valence-electron chi connectivity index (χ4n) is 1.07. The second-order valence-electron chi connectivity index (χ2n) is 3.25. The number of hydrogen-bond acceptors (Lipinski definition) is 0. The van der Waals surface area contributed by atoms with Gasteiger partial charge in [0.1, 0.15) is 0 Å². The standard InChI is InChI=1S/C11H21/c1-4-6-7-8-9-10-11(3)5-2/h4,6,11H,2,5,7-10H2,1,3H3. The van der Waals surface area contributed by atoms with E-state index in [1.165, 1.54) is 25.7 Å². The predicted molar refractivity (Wildman–Crippen MR) is 52.4 cm³/mol. The Labute approximate surface area is 71.7 Å². The topological polar surface area (TPSA) is 0 Å². The quantitative estimate of drug-likeness (QED) is 0.400. The Morgan fingerprint density at radius 2 is 2.09 bits per heavy atom. The monoisotopic (exact) mass is 153 g/mol. The first-order valence-electron chi connectivity index (χ1n) is 4.71. The van der Waals surface area contributed by atoms with Crippen LogP contribution in [-0.2, 0) is 0 Å². The number of unbranched alkanes of at least 4 members (excludes halogenated alkanes) is 2. The summed E-state index contributed by atoms with van der Waals surface area (Å²) in [6.07, 6.45) is 10.8. The summed E-state index contributed by atoms with van der Waals surface area (Å²) < 4.78 is 0. The lowest BCUT2D eigenvalue weighted by atomic mass is 10.0. The van der Waals surface area contributed by atoms with Crippen molar-refractivity contribution in [1.29, 1.82) is 0 Å². The van der Waals surface area contributed by atoms with Crippen LogP contribution in [0.1, 0.15) is 46.0 Å². The first-order valence-corrected chi connectivity index (χ1v) is 4.71. The van der Waals surface area contributed by atoms with Gasteiger partial charge < -0.3 is 0 Å². The molecule has 0 aromatic rings. The molecule has 0 aliphatic heterocycles. The van der Waals surface area contributed by atoms with E-state index in [9.17, 15) is 0 Å². The summed E-state index contributed by atoms with van der Waals surface area (Å²) in [4.78, 5) is 0. The molecule has 1 atom stereocenters. The molecule has 0 rings (SSSR count). The van der Waals surface area contributed by atoms with Gasteiger partial charge in [-0.05, 0) is 25.7 Å². The molecule has 11 heavy (non-hydrogen) atoms. The van der Waals surface area contributed by atoms with Crippen LogP contribution in [0.15, 0.2) is 12.2 Å². The van der Waals surface area contributed by atoms with Crippen molar-refractivity contribution in [3.8, 4) is 0 Å². The predicted octanol–water partition coefficient (Wildman–Crippen LogP) is 3.98. The maximum atomic E-state index is 3.89. The van der Waals surface area contributed by atoms with Crippen molar-refractivity contribution in [2.24, 2.45) is 5.92 Å². The lowest BCUT2D eigenvalue weighted by Gasteiger charge is -2.05. The maximum absolute atomic E-state index is 3.89. The third-order valence-electron chi connectivity index (χ3n) is 2.05. The van der Waals surface area contributed by atoms with E-state index in [-0.39, 0.29) is 0 Å². The highest BCUT2D eigenvalue weighted by Gasteiger charge is 1.96. The van der Waals surface area contributed by atoms with E-state index < -0.39 is 0 Å². The Kier molecular flexibility index (Phi) is 7.66. The SMILES string of the molecule is [CH2]CC(C)CCCCC=CC. The minimum atomic E-state index is 0.820. The van der Waals surface area contributed by atoms with Gasteiger partial charge in [0.15, 0.2) is 0 Å². The van der Waals surface area contributed by atoms with Gasteiger partial charge in [0.25, 0.3) is 0 Å². The molecule has 0 spiro atoms. The van der Waals surface area contributed by atoms with Gasteiger partial charge in [-0.25, -0.2) is 0 Å². The molecule has 0 heterocycles. The van der Waals surface area contributed by atoms with Crippen LogP contribution in [0.5, 0.6) is 0 Å². The number of hydrogen-bond donors (Lipinski definition) is 0. The molecule has 0 N–H and O–H groups in total. The van der Waals surface area contributed by atoms with Gasteiger partial charge >= 0.3 is 0 Å². The molecule has 0 aliphatic carbocycles. The minimum absolute atomic E-state index is 0.820. The highest BCUT2D eigenvalue weighted by Crippen LogP contribution is 2.11. The molecule has 0 nitrogen and oxygen atoms in total. The summed E-state index contributed by atoms with van der Waals surface area (Å²) in [5, 5.41) is 0. The van der Waals surface area contributed by atoms with Crippen molar-refractivity contribution in [2.75, 3.05) is 0 Å². The second-order valence-corrected chi connectivity index (χ2v) is 3.25. The average molecular weight is 153 g/mol. The first-order chi connectivity index (χ1) is 5.31. The zero-order valence-electron chi connectivity index (χ0n) is 7.97. The van der Waals surface area contributed by atoms with Crippen LogP contribution >= 0.6 is 0 Å². The molecule has 0 amide bonds. The molecular formula is C11H21. The summed E-state index contributed by atoms with van der Waals surface area (Å²) >= 11 is 0. The maximum Gasteiger partial charge on any atom is -0.0351 e. The van der Waals surface area contributed by atoms with Crippen LogP contribution in [-0.4, -0.2) is 0 Å². The Bertz CT molecular complexity index is 92.2. The second kappa shape index (κ2) is 7.84. The van der Waals surface area contributed by atoms with Crippen LogP contribution in [0.4, 0.5) is 0 Å². The zero-order chi connectivity index (χ0) is 8.53. The van der Waals surface area contributed by atoms with E-state index in [2.05, 4.69) is 32.9 Å². The molecule has 65 valence electrons. The number of allylic oxidation sites excluding steroid dienone is 2. The van der Waals surface area contributed by atoms with Crippen molar-refractivity contribution in [1.82, 2.24) is 0 Å². The lowest BCUT2D eigenvalue weighted by Crippen LogP contribution is -1.91. The summed E-state index contributed by atoms with van der Waals surface area (Å²) in [5.74, 6) is 0.820. The van der Waals surface area contributed by atoms with Crippen molar-refractivity contribution >= 4 is 0 Å². The molecule has 0 aliphatic rings. The van der Waals surface area contributed by atoms with Gasteiger partial charge in [-0.15, -0.1) is 0 Å². The molecular weight excluding hydrogens is 132 g/mol. The minimum Gasteiger partial charge on any atom is -0.0917 e. The average Bonchev–Trinajstić information content (AvgIpc) is 2.04. The molecule has 0 saturated carbocycles. The molecule has 0 fully saturated rings. The van der Waals surface area contributed by atoms with E-state index in [4.69, 9.17) is 0 Å². The summed E-state index contributed by atoms with van der Waals surface area (Å²) in [5.41, 5.74) is 0. The molecule has 0 aromatic carbocycles. The summed E-state index contributed by atoms with van der Waals surface area (Å²) in [6.45, 7) is 8.25. The van der Waals surface area contributed by atoms with Crippen molar-refractivity contribution < 1.29 is 0 Å². The zero-order valence-corrected chi connectivity index (χ0v) is 7.97. The van der Waals surface area contributed by atoms with Crippen molar-refractivity contribution in [3.63, 3.8) is 0 Å². The fourth-order valence-corrected chi connectivity index (χ4v) is 1.07. The van der Waals surface area contributed by atoms with E-state index in [0.29, 0.717) is 0 Å². The lowest BCUT2D eigenvalue weighted by molar-refractivity contribution is 0.504. The van der Waals surface area contributed by atoms with Gasteiger partial charge in [0, 0.05) is 0 Å². The van der Waals surface area contributed by atoms with Crippen LogP contribution < -0.4 is 0 Å². The Morgan fingerprint density at radius 1 is 1.36 bits per heavy atom. The molecule has 0 heteroatoms. The highest BCUT2D eigenvalue weighted by molar-refractivity contribution is 4.76. The summed E-state index contributed by atoms with van der Waals surface area (Å²) in [6, 6.07) is 0. The third kappa shape index (κ3) is 7.64. The van der Waals surface area contributed by atoms with Gasteiger partial charge in [-0.2, -0.15) is 0 Å². The molecule has 1 radical (unpaired) electrons. The molecule has 0 aromatic heterocycles. The van der Waals surface area contributed by atoms with Gasteiger partial charge in [0.2, 0.25) is 0 Å². The molecule has 0 bridgehead atoms. The first kappa shape index (κ1) is 10.7. The highest BCUT2D eigenvalue weighted by atomic mass is 14.0. The third-order valence-corrected chi connectivity index (χ3v) is 2.05. The van der Waals surface area contributed by atoms with E-state index in [0.717, 1.165) is 12.3 Å². The van der Waals surface area contributed by atoms with Crippen molar-refractivity contribution in [3.05, 3.63) is 19.1 Å². The molecule has 1 unspecified atom stereocenters. The fraction of sp³-hybridized carbons (Fsp3) is 0.727. The largest absolute Gasteiger partial charge is 0.0917 e. The molecule has 0 saturated heterocycles. The van der Waals surface area contributed by atoms with E-state index >= 15 is 0 Å². The Morgan fingerprint density at radius 3 is 2.64 bits per heavy atom. The van der Waals surface area contributed by atoms with Crippen LogP contribution in [0.25, 0.3) is 0 Å². The Balaban J connectivity index is 3.01. The van der Waals surface area contributed by atoms with Crippen molar-refractivity contribution in [2.45, 2.75) is 46.0 Å². The normalized spacial score (nSPS) is 14.1. The van der Waals surface area contributed by atoms with E-state index in [1.807, 2.05) is 0 Å². The van der Waals surface area contributed by atoms with Crippen LogP contribution in [0, 0.1) is 12.8 Å². The Hall–Kier alpha value is -0.260. The smallest absolute Gasteiger partial charge is 0.0351 e. The number of rotatable bonds is 6. The summed E-state index contributed by atoms with van der Waals surface area (Å²) in [7, 11) is 0. The van der Waals surface area contributed by atoms with Gasteiger partial charge in [-0.3, -0.25) is 0 Å². The van der Waals surface area contributed by atoms with Crippen LogP contribution in [0.3, 0.4) is 0 Å². The van der Waals surface area contributed by atoms with Crippen LogP contribution in [0.2, 0.25) is 0 Å².